The number of ether oxygens (including phenoxy) is 2. The van der Waals surface area contributed by atoms with Gasteiger partial charge >= 0.3 is 6.03 Å². The highest BCUT2D eigenvalue weighted by atomic mass is 28.4. The number of piperidine rings is 1. The second-order valence-electron chi connectivity index (χ2n) is 14.2. The van der Waals surface area contributed by atoms with Crippen LogP contribution in [-0.2, 0) is 26.9 Å². The van der Waals surface area contributed by atoms with Crippen LogP contribution in [0.1, 0.15) is 68.7 Å². The van der Waals surface area contributed by atoms with E-state index in [2.05, 4.69) is 61.2 Å². The number of amides is 2. The van der Waals surface area contributed by atoms with Crippen molar-refractivity contribution in [1.82, 2.24) is 14.9 Å². The van der Waals surface area contributed by atoms with E-state index in [-0.39, 0.29) is 11.1 Å². The van der Waals surface area contributed by atoms with Crippen molar-refractivity contribution in [2.24, 2.45) is 0 Å². The molecule has 0 bridgehead atoms. The lowest BCUT2D eigenvalue weighted by Crippen LogP contribution is -2.49. The number of aryl methyl sites for hydroxylation is 1. The molecule has 0 radical (unpaired) electrons. The lowest BCUT2D eigenvalue weighted by molar-refractivity contribution is -0.109. The average molecular weight is 654 g/mol. The second-order valence-corrected chi connectivity index (χ2v) is 19.0. The predicted octanol–water partition coefficient (Wildman–Crippen LogP) is 5.04. The topological polar surface area (TPSA) is 136 Å². The summed E-state index contributed by atoms with van der Waals surface area (Å²) < 4.78 is 17.8. The number of rotatable bonds is 10. The van der Waals surface area contributed by atoms with Crippen LogP contribution in [0, 0.1) is 11.3 Å². The molecular weight excluding hydrogens is 602 g/mol. The zero-order valence-electron chi connectivity index (χ0n) is 28.9. The van der Waals surface area contributed by atoms with Crippen molar-refractivity contribution in [3.63, 3.8) is 0 Å². The number of hydrogen-bond donors (Lipinski definition) is 2. The first-order valence-electron chi connectivity index (χ1n) is 15.9. The Bertz CT molecular complexity index is 1430. The molecule has 2 amide bonds. The summed E-state index contributed by atoms with van der Waals surface area (Å²) in [7, 11) is 4.99. The molecule has 2 aromatic heterocycles. The number of hydrogen-bond acceptors (Lipinski definition) is 10. The van der Waals surface area contributed by atoms with E-state index < -0.39 is 20.2 Å². The van der Waals surface area contributed by atoms with Crippen molar-refractivity contribution in [3.8, 4) is 6.07 Å². The third-order valence-corrected chi connectivity index (χ3v) is 13.9. The van der Waals surface area contributed by atoms with E-state index in [0.717, 1.165) is 24.0 Å². The van der Waals surface area contributed by atoms with Crippen LogP contribution in [0.5, 0.6) is 0 Å². The number of aromatic nitrogens is 2. The van der Waals surface area contributed by atoms with Crippen LogP contribution >= 0.6 is 0 Å². The van der Waals surface area contributed by atoms with Crippen molar-refractivity contribution >= 4 is 31.7 Å². The zero-order valence-corrected chi connectivity index (χ0v) is 29.9. The van der Waals surface area contributed by atoms with Gasteiger partial charge in [0.15, 0.2) is 8.32 Å². The van der Waals surface area contributed by atoms with Crippen LogP contribution in [0.25, 0.3) is 0 Å². The summed E-state index contributed by atoms with van der Waals surface area (Å²) in [5, 5.41) is 23.8. The largest absolute Gasteiger partial charge is 0.412 e. The Balaban J connectivity index is 1.58. The highest BCUT2D eigenvalue weighted by Gasteiger charge is 2.38. The number of carbonyl (C=O) groups excluding carboxylic acids is 1. The maximum atomic E-state index is 13.8. The molecule has 0 aliphatic carbocycles. The van der Waals surface area contributed by atoms with Crippen molar-refractivity contribution < 1.29 is 23.8 Å². The van der Waals surface area contributed by atoms with Crippen LogP contribution in [0.2, 0.25) is 18.1 Å². The molecule has 2 aliphatic heterocycles. The number of anilines is 3. The van der Waals surface area contributed by atoms with Gasteiger partial charge in [0.25, 0.3) is 0 Å². The Morgan fingerprint density at radius 1 is 1.20 bits per heavy atom. The number of nitriles is 1. The minimum absolute atomic E-state index is 0.0500. The first-order valence-corrected chi connectivity index (χ1v) is 18.8. The maximum absolute atomic E-state index is 13.8. The summed E-state index contributed by atoms with van der Waals surface area (Å²) in [6, 6.07) is 5.67. The van der Waals surface area contributed by atoms with Gasteiger partial charge < -0.3 is 28.8 Å². The van der Waals surface area contributed by atoms with Gasteiger partial charge in [0.1, 0.15) is 23.4 Å². The zero-order chi connectivity index (χ0) is 33.9. The minimum atomic E-state index is -2.04. The molecule has 252 valence electrons. The Morgan fingerprint density at radius 3 is 2.46 bits per heavy atom. The van der Waals surface area contributed by atoms with Gasteiger partial charge in [-0.05, 0) is 69.5 Å². The molecule has 0 unspecified atom stereocenters. The Kier molecular flexibility index (Phi) is 11.1. The van der Waals surface area contributed by atoms with E-state index in [1.54, 1.807) is 25.2 Å². The summed E-state index contributed by atoms with van der Waals surface area (Å²) in [6.45, 7) is 13.7. The molecule has 46 heavy (non-hydrogen) atoms. The number of methoxy groups -OCH3 is 2. The normalized spacial score (nSPS) is 16.8. The summed E-state index contributed by atoms with van der Waals surface area (Å²) in [6.07, 6.45) is 3.47. The standard InChI is InChI=1S/C33H51N7O5Si/c1-32(2,3)46(8,9)45-21-24-17-23-11-10-14-40(29(23)37-28(24)30(43-6)44-7)31(41)36-27-18-26(25(19-34)20-35-27)39-15-12-33(42,13-16-39)22-38(4)5/h17-18,20,30,42H,10-16,21-22H2,1-9H3,(H,35,36,41). The third kappa shape index (κ3) is 8.05. The summed E-state index contributed by atoms with van der Waals surface area (Å²) >= 11 is 0. The number of pyridine rings is 2. The SMILES string of the molecule is COC(OC)c1nc2c(cc1CO[Si](C)(C)C(C)(C)C)CCCN2C(=O)Nc1cc(N2CCC(O)(CN(C)C)CC2)c(C#N)cn1. The molecule has 2 aliphatic rings. The van der Waals surface area contributed by atoms with Gasteiger partial charge in [-0.3, -0.25) is 10.2 Å². The van der Waals surface area contributed by atoms with E-state index in [9.17, 15) is 15.2 Å². The number of nitrogens with zero attached hydrogens (tertiary/aromatic N) is 6. The Labute approximate surface area is 274 Å². The van der Waals surface area contributed by atoms with Crippen molar-refractivity contribution in [2.45, 2.75) is 83.1 Å². The van der Waals surface area contributed by atoms with Gasteiger partial charge in [0.2, 0.25) is 6.29 Å². The van der Waals surface area contributed by atoms with E-state index in [4.69, 9.17) is 18.9 Å². The molecular formula is C33H51N7O5Si. The Morgan fingerprint density at radius 2 is 1.87 bits per heavy atom. The molecule has 4 rings (SSSR count). The molecule has 12 nitrogen and oxygen atoms in total. The molecule has 1 fully saturated rings. The summed E-state index contributed by atoms with van der Waals surface area (Å²) in [5.41, 5.74) is 2.76. The van der Waals surface area contributed by atoms with Crippen molar-refractivity contribution in [1.29, 1.82) is 5.26 Å². The fourth-order valence-electron chi connectivity index (χ4n) is 5.82. The third-order valence-electron chi connectivity index (χ3n) is 9.45. The van der Waals surface area contributed by atoms with Gasteiger partial charge in [-0.2, -0.15) is 5.26 Å². The monoisotopic (exact) mass is 653 g/mol. The van der Waals surface area contributed by atoms with E-state index in [0.29, 0.717) is 74.2 Å². The summed E-state index contributed by atoms with van der Waals surface area (Å²) in [4.78, 5) is 28.8. The molecule has 0 saturated carbocycles. The number of aliphatic hydroxyl groups is 1. The molecule has 0 aromatic carbocycles. The lowest BCUT2D eigenvalue weighted by atomic mass is 9.90. The van der Waals surface area contributed by atoms with Gasteiger partial charge in [0.05, 0.1) is 23.5 Å². The quantitative estimate of drug-likeness (QED) is 0.265. The minimum Gasteiger partial charge on any atom is -0.412 e. The van der Waals surface area contributed by atoms with Crippen LogP contribution in [0.4, 0.5) is 22.1 Å². The van der Waals surface area contributed by atoms with E-state index in [1.165, 1.54) is 6.20 Å². The van der Waals surface area contributed by atoms with E-state index in [1.807, 2.05) is 19.0 Å². The van der Waals surface area contributed by atoms with Gasteiger partial charge in [-0.15, -0.1) is 0 Å². The van der Waals surface area contributed by atoms with E-state index >= 15 is 0 Å². The number of fused-ring (bicyclic) bond motifs is 1. The van der Waals surface area contributed by atoms with Crippen LogP contribution in [0.3, 0.4) is 0 Å². The van der Waals surface area contributed by atoms with Crippen LogP contribution in [-0.4, -0.2) is 94.4 Å². The number of carbonyl (C=O) groups is 1. The average Bonchev–Trinajstić information content (AvgIpc) is 2.99. The van der Waals surface area contributed by atoms with Crippen LogP contribution in [0.15, 0.2) is 18.3 Å². The maximum Gasteiger partial charge on any atom is 0.328 e. The van der Waals surface area contributed by atoms with Crippen LogP contribution < -0.4 is 15.1 Å². The van der Waals surface area contributed by atoms with Crippen molar-refractivity contribution in [2.75, 3.05) is 69.6 Å². The fourth-order valence-corrected chi connectivity index (χ4v) is 6.77. The molecule has 4 heterocycles. The number of nitrogens with one attached hydrogen (secondary N) is 1. The molecule has 13 heteroatoms. The molecule has 1 saturated heterocycles. The molecule has 0 spiro atoms. The smallest absolute Gasteiger partial charge is 0.328 e. The highest BCUT2D eigenvalue weighted by Crippen LogP contribution is 2.38. The predicted molar refractivity (Wildman–Crippen MR) is 182 cm³/mol. The second kappa shape index (κ2) is 14.3. The lowest BCUT2D eigenvalue weighted by Gasteiger charge is -2.40. The molecule has 2 aromatic rings. The van der Waals surface area contributed by atoms with Crippen molar-refractivity contribution in [3.05, 3.63) is 40.7 Å². The highest BCUT2D eigenvalue weighted by molar-refractivity contribution is 6.74. The van der Waals surface area contributed by atoms with Gasteiger partial charge in [-0.25, -0.2) is 14.8 Å². The van der Waals surface area contributed by atoms with Gasteiger partial charge in [0, 0.05) is 58.2 Å². The summed E-state index contributed by atoms with van der Waals surface area (Å²) in [5.74, 6) is 0.894. The molecule has 2 N–H and O–H groups in total. The number of urea groups is 1. The molecule has 0 atom stereocenters. The first kappa shape index (κ1) is 35.7. The fraction of sp³-hybridized carbons (Fsp3) is 0.636. The first-order chi connectivity index (χ1) is 21.6. The Hall–Kier alpha value is -3.12. The van der Waals surface area contributed by atoms with Gasteiger partial charge in [-0.1, -0.05) is 20.8 Å². The number of likely N-dealkylation sites (N-methyl/N-ethyl adjacent to an activating group) is 1.